The molecule has 0 saturated heterocycles. The number of fused-ring (bicyclic) bond motifs is 1. The summed E-state index contributed by atoms with van der Waals surface area (Å²) in [5.41, 5.74) is 5.01. The standard InChI is InChI=1S/C26H19N3O3/c30-25(17-10-19-6-2-1-3-7-19)32-29-24-15-13-23(14-16-24)27-28-26(31)22-12-11-20-8-4-5-9-21(20)18-22/h1-18,29H. The number of rotatable bonds is 6. The van der Waals surface area contributed by atoms with Crippen molar-refractivity contribution in [2.45, 2.75) is 0 Å². The van der Waals surface area contributed by atoms with Crippen LogP contribution in [0.15, 0.2) is 113 Å². The molecule has 0 aliphatic rings. The molecule has 0 saturated carbocycles. The Bertz CT molecular complexity index is 1300. The van der Waals surface area contributed by atoms with Gasteiger partial charge in [-0.2, -0.15) is 0 Å². The number of carbonyl (C=O) groups excluding carboxylic acids is 2. The molecule has 1 amide bonds. The van der Waals surface area contributed by atoms with Gasteiger partial charge < -0.3 is 4.84 Å². The minimum absolute atomic E-state index is 0.419. The van der Waals surface area contributed by atoms with E-state index in [2.05, 4.69) is 15.7 Å². The van der Waals surface area contributed by atoms with Gasteiger partial charge in [-0.15, -0.1) is 10.2 Å². The highest BCUT2D eigenvalue weighted by Gasteiger charge is 2.05. The molecule has 4 rings (SSSR count). The van der Waals surface area contributed by atoms with Crippen LogP contribution in [0.1, 0.15) is 15.9 Å². The lowest BCUT2D eigenvalue weighted by molar-refractivity contribution is -0.134. The number of benzene rings is 4. The third-order valence-corrected chi connectivity index (χ3v) is 4.60. The Labute approximate surface area is 184 Å². The van der Waals surface area contributed by atoms with Crippen molar-refractivity contribution in [2.75, 3.05) is 5.48 Å². The number of amides is 1. The van der Waals surface area contributed by atoms with E-state index >= 15 is 0 Å². The molecule has 32 heavy (non-hydrogen) atoms. The molecule has 4 aromatic carbocycles. The molecule has 0 heterocycles. The minimum atomic E-state index is -0.529. The van der Waals surface area contributed by atoms with Gasteiger partial charge in [0.2, 0.25) is 0 Å². The number of hydrogen-bond acceptors (Lipinski definition) is 5. The molecule has 0 fully saturated rings. The van der Waals surface area contributed by atoms with E-state index in [1.807, 2.05) is 60.7 Å². The first-order valence-electron chi connectivity index (χ1n) is 9.92. The number of nitrogens with one attached hydrogen (secondary N) is 1. The average Bonchev–Trinajstić information content (AvgIpc) is 2.85. The quantitative estimate of drug-likeness (QED) is 0.224. The number of azo groups is 1. The van der Waals surface area contributed by atoms with Crippen molar-refractivity contribution in [3.8, 4) is 0 Å². The Morgan fingerprint density at radius 2 is 1.50 bits per heavy atom. The monoisotopic (exact) mass is 421 g/mol. The van der Waals surface area contributed by atoms with Gasteiger partial charge in [0.15, 0.2) is 0 Å². The lowest BCUT2D eigenvalue weighted by Gasteiger charge is -2.04. The summed E-state index contributed by atoms with van der Waals surface area (Å²) in [6, 6.07) is 29.3. The minimum Gasteiger partial charge on any atom is -0.339 e. The first-order valence-corrected chi connectivity index (χ1v) is 9.92. The van der Waals surface area contributed by atoms with Crippen molar-refractivity contribution in [3.05, 3.63) is 114 Å². The maximum atomic E-state index is 12.3. The van der Waals surface area contributed by atoms with Crippen molar-refractivity contribution in [3.63, 3.8) is 0 Å². The lowest BCUT2D eigenvalue weighted by atomic mass is 10.1. The first kappa shape index (κ1) is 20.7. The van der Waals surface area contributed by atoms with E-state index in [1.165, 1.54) is 6.08 Å². The number of nitrogens with zero attached hydrogens (tertiary/aromatic N) is 2. The molecule has 0 aliphatic heterocycles. The molecule has 0 radical (unpaired) electrons. The van der Waals surface area contributed by atoms with Crippen molar-refractivity contribution < 1.29 is 14.4 Å². The summed E-state index contributed by atoms with van der Waals surface area (Å²) in [5.74, 6) is -0.948. The fourth-order valence-electron chi connectivity index (χ4n) is 2.95. The zero-order valence-electron chi connectivity index (χ0n) is 17.0. The van der Waals surface area contributed by atoms with E-state index in [4.69, 9.17) is 4.84 Å². The predicted octanol–water partition coefficient (Wildman–Crippen LogP) is 6.35. The highest BCUT2D eigenvalue weighted by atomic mass is 16.7. The second-order valence-electron chi connectivity index (χ2n) is 6.88. The van der Waals surface area contributed by atoms with Crippen molar-refractivity contribution in [1.82, 2.24) is 0 Å². The van der Waals surface area contributed by atoms with E-state index in [0.717, 1.165) is 16.3 Å². The molecule has 0 aliphatic carbocycles. The van der Waals surface area contributed by atoms with Crippen molar-refractivity contribution in [2.24, 2.45) is 10.2 Å². The van der Waals surface area contributed by atoms with Gasteiger partial charge in [-0.3, -0.25) is 4.79 Å². The molecular weight excluding hydrogens is 402 g/mol. The second kappa shape index (κ2) is 9.95. The van der Waals surface area contributed by atoms with Gasteiger partial charge in [0.25, 0.3) is 5.91 Å². The van der Waals surface area contributed by atoms with Gasteiger partial charge in [0.05, 0.1) is 11.4 Å². The summed E-state index contributed by atoms with van der Waals surface area (Å²) in [6.07, 6.45) is 3.00. The zero-order valence-corrected chi connectivity index (χ0v) is 17.0. The Kier molecular flexibility index (Phi) is 6.43. The molecule has 0 aromatic heterocycles. The van der Waals surface area contributed by atoms with Gasteiger partial charge in [-0.1, -0.05) is 60.7 Å². The van der Waals surface area contributed by atoms with E-state index in [1.54, 1.807) is 42.5 Å². The highest BCUT2D eigenvalue weighted by molar-refractivity contribution is 5.98. The summed E-state index contributed by atoms with van der Waals surface area (Å²) in [5, 5.41) is 9.82. The van der Waals surface area contributed by atoms with Crippen LogP contribution >= 0.6 is 0 Å². The van der Waals surface area contributed by atoms with E-state index in [9.17, 15) is 9.59 Å². The SMILES string of the molecule is O=C(C=Cc1ccccc1)ONc1ccc(N=NC(=O)c2ccc3ccccc3c2)cc1. The van der Waals surface area contributed by atoms with Crippen molar-refractivity contribution in [1.29, 1.82) is 0 Å². The molecular formula is C26H19N3O3. The van der Waals surface area contributed by atoms with Gasteiger partial charge in [0, 0.05) is 11.6 Å². The van der Waals surface area contributed by atoms with Gasteiger partial charge >= 0.3 is 5.97 Å². The predicted molar refractivity (Wildman–Crippen MR) is 124 cm³/mol. The van der Waals surface area contributed by atoms with Crippen LogP contribution in [0.3, 0.4) is 0 Å². The van der Waals surface area contributed by atoms with Crippen LogP contribution in [0.25, 0.3) is 16.8 Å². The Morgan fingerprint density at radius 3 is 2.28 bits per heavy atom. The molecule has 6 nitrogen and oxygen atoms in total. The molecule has 1 N–H and O–H groups in total. The molecule has 0 atom stereocenters. The van der Waals surface area contributed by atoms with Crippen LogP contribution in [0.2, 0.25) is 0 Å². The Hall–Kier alpha value is -4.58. The first-order chi connectivity index (χ1) is 15.7. The normalized spacial score (nSPS) is 11.1. The number of anilines is 1. The van der Waals surface area contributed by atoms with Gasteiger partial charge in [0.1, 0.15) is 0 Å². The summed E-state index contributed by atoms with van der Waals surface area (Å²) in [4.78, 5) is 29.1. The maximum Gasteiger partial charge on any atom is 0.355 e. The Morgan fingerprint density at radius 1 is 0.781 bits per heavy atom. The molecule has 156 valence electrons. The summed E-state index contributed by atoms with van der Waals surface area (Å²) >= 11 is 0. The van der Waals surface area contributed by atoms with Crippen LogP contribution in [0.4, 0.5) is 11.4 Å². The fraction of sp³-hybridized carbons (Fsp3) is 0. The molecule has 6 heteroatoms. The third-order valence-electron chi connectivity index (χ3n) is 4.60. The molecule has 0 bridgehead atoms. The van der Waals surface area contributed by atoms with Crippen LogP contribution < -0.4 is 5.48 Å². The highest BCUT2D eigenvalue weighted by Crippen LogP contribution is 2.19. The fourth-order valence-corrected chi connectivity index (χ4v) is 2.95. The summed E-state index contributed by atoms with van der Waals surface area (Å²) < 4.78 is 0. The van der Waals surface area contributed by atoms with Crippen LogP contribution in [0.5, 0.6) is 0 Å². The van der Waals surface area contributed by atoms with Gasteiger partial charge in [-0.05, 0) is 58.8 Å². The molecule has 0 unspecified atom stereocenters. The number of hydrogen-bond donors (Lipinski definition) is 1. The topological polar surface area (TPSA) is 80.1 Å². The lowest BCUT2D eigenvalue weighted by Crippen LogP contribution is -2.07. The zero-order chi connectivity index (χ0) is 22.2. The smallest absolute Gasteiger partial charge is 0.339 e. The summed E-state index contributed by atoms with van der Waals surface area (Å²) in [7, 11) is 0. The third kappa shape index (κ3) is 5.52. The molecule has 0 spiro atoms. The van der Waals surface area contributed by atoms with Crippen LogP contribution in [-0.4, -0.2) is 11.9 Å². The van der Waals surface area contributed by atoms with Crippen LogP contribution in [0, 0.1) is 0 Å². The Balaban J connectivity index is 1.31. The van der Waals surface area contributed by atoms with Gasteiger partial charge in [-0.25, -0.2) is 10.3 Å². The van der Waals surface area contributed by atoms with Crippen LogP contribution in [-0.2, 0) is 9.63 Å². The number of carbonyl (C=O) groups is 2. The van der Waals surface area contributed by atoms with E-state index in [0.29, 0.717) is 16.9 Å². The maximum absolute atomic E-state index is 12.3. The molecule has 4 aromatic rings. The van der Waals surface area contributed by atoms with E-state index < -0.39 is 11.9 Å². The largest absolute Gasteiger partial charge is 0.355 e. The average molecular weight is 421 g/mol. The van der Waals surface area contributed by atoms with Crippen molar-refractivity contribution >= 4 is 40.1 Å². The summed E-state index contributed by atoms with van der Waals surface area (Å²) in [6.45, 7) is 0. The second-order valence-corrected chi connectivity index (χ2v) is 6.88. The van der Waals surface area contributed by atoms with E-state index in [-0.39, 0.29) is 0 Å².